The molecule has 0 aromatic rings. The number of hydrogen-bond acceptors (Lipinski definition) is 3. The summed E-state index contributed by atoms with van der Waals surface area (Å²) in [6.45, 7) is 4.78. The largest absolute Gasteiger partial charge is 0.353 e. The van der Waals surface area contributed by atoms with E-state index in [1.165, 1.54) is 83.8 Å². The highest BCUT2D eigenvalue weighted by Gasteiger charge is 2.34. The van der Waals surface area contributed by atoms with Gasteiger partial charge in [0, 0.05) is 24.7 Å². The molecule has 4 rings (SSSR count). The van der Waals surface area contributed by atoms with Crippen LogP contribution in [0.4, 0.5) is 0 Å². The Bertz CT molecular complexity index is 423. The number of carbonyl (C=O) groups is 1. The SMILES string of the molecule is O=C(NC1CC1)[C@H]1CCCN(C2CCN(C3CCCCC3)CC2)C1. The van der Waals surface area contributed by atoms with E-state index in [4.69, 9.17) is 0 Å². The van der Waals surface area contributed by atoms with Crippen LogP contribution in [0.3, 0.4) is 0 Å². The summed E-state index contributed by atoms with van der Waals surface area (Å²) in [6.07, 6.45) is 14.5. The van der Waals surface area contributed by atoms with Crippen LogP contribution in [0.25, 0.3) is 0 Å². The fourth-order valence-electron chi connectivity index (χ4n) is 5.16. The summed E-state index contributed by atoms with van der Waals surface area (Å²) >= 11 is 0. The molecule has 2 heterocycles. The molecule has 0 aromatic carbocycles. The number of nitrogens with one attached hydrogen (secondary N) is 1. The molecule has 1 N–H and O–H groups in total. The number of nitrogens with zero attached hydrogens (tertiary/aromatic N) is 2. The first kappa shape index (κ1) is 16.8. The van der Waals surface area contributed by atoms with Crippen molar-refractivity contribution in [2.75, 3.05) is 26.2 Å². The molecule has 1 amide bonds. The molecule has 4 aliphatic rings. The van der Waals surface area contributed by atoms with Crippen molar-refractivity contribution in [3.63, 3.8) is 0 Å². The first-order valence-electron chi connectivity index (χ1n) is 10.6. The lowest BCUT2D eigenvalue weighted by atomic mass is 9.90. The Balaban J connectivity index is 1.24. The number of piperidine rings is 2. The fraction of sp³-hybridized carbons (Fsp3) is 0.950. The minimum Gasteiger partial charge on any atom is -0.353 e. The van der Waals surface area contributed by atoms with Crippen LogP contribution in [-0.4, -0.2) is 60.0 Å². The van der Waals surface area contributed by atoms with E-state index >= 15 is 0 Å². The Labute approximate surface area is 147 Å². The number of rotatable bonds is 4. The van der Waals surface area contributed by atoms with E-state index < -0.39 is 0 Å². The first-order chi connectivity index (χ1) is 11.8. The van der Waals surface area contributed by atoms with Gasteiger partial charge in [-0.25, -0.2) is 0 Å². The van der Waals surface area contributed by atoms with Crippen LogP contribution in [-0.2, 0) is 4.79 Å². The van der Waals surface area contributed by atoms with Gasteiger partial charge in [-0.3, -0.25) is 9.69 Å². The Morgan fingerprint density at radius 3 is 2.12 bits per heavy atom. The predicted octanol–water partition coefficient (Wildman–Crippen LogP) is 2.77. The summed E-state index contributed by atoms with van der Waals surface area (Å²) in [5, 5.41) is 3.22. The van der Waals surface area contributed by atoms with Crippen molar-refractivity contribution in [3.05, 3.63) is 0 Å². The maximum absolute atomic E-state index is 12.4. The molecule has 2 saturated heterocycles. The van der Waals surface area contributed by atoms with Crippen LogP contribution in [0.15, 0.2) is 0 Å². The van der Waals surface area contributed by atoms with Crippen LogP contribution in [0, 0.1) is 5.92 Å². The smallest absolute Gasteiger partial charge is 0.224 e. The molecular formula is C20H35N3O. The third kappa shape index (κ3) is 4.13. The van der Waals surface area contributed by atoms with E-state index in [1.807, 2.05) is 0 Å². The summed E-state index contributed by atoms with van der Waals surface area (Å²) in [5.41, 5.74) is 0. The first-order valence-corrected chi connectivity index (χ1v) is 10.6. The third-order valence-electron chi connectivity index (χ3n) is 6.85. The molecule has 2 saturated carbocycles. The fourth-order valence-corrected chi connectivity index (χ4v) is 5.16. The minimum atomic E-state index is 0.246. The molecule has 2 aliphatic heterocycles. The molecule has 136 valence electrons. The Morgan fingerprint density at radius 2 is 1.42 bits per heavy atom. The highest BCUT2D eigenvalue weighted by Crippen LogP contribution is 2.29. The van der Waals surface area contributed by atoms with Crippen LogP contribution in [0.1, 0.15) is 70.6 Å². The molecule has 0 radical (unpaired) electrons. The molecule has 24 heavy (non-hydrogen) atoms. The molecule has 0 aromatic heterocycles. The van der Waals surface area contributed by atoms with Crippen LogP contribution < -0.4 is 5.32 Å². The standard InChI is InChI=1S/C20H35N3O/c24-20(21-17-8-9-17)16-5-4-12-23(15-16)19-10-13-22(14-11-19)18-6-2-1-3-7-18/h16-19H,1-15H2,(H,21,24)/t16-/m0/s1. The number of likely N-dealkylation sites (tertiary alicyclic amines) is 2. The van der Waals surface area contributed by atoms with Crippen molar-refractivity contribution in [2.45, 2.75) is 88.8 Å². The van der Waals surface area contributed by atoms with Crippen molar-refractivity contribution >= 4 is 5.91 Å². The highest BCUT2D eigenvalue weighted by molar-refractivity contribution is 5.79. The van der Waals surface area contributed by atoms with Gasteiger partial charge in [0.15, 0.2) is 0 Å². The summed E-state index contributed by atoms with van der Waals surface area (Å²) in [4.78, 5) is 17.8. The minimum absolute atomic E-state index is 0.246. The van der Waals surface area contributed by atoms with E-state index in [0.717, 1.165) is 25.0 Å². The summed E-state index contributed by atoms with van der Waals surface area (Å²) in [6, 6.07) is 2.10. The van der Waals surface area contributed by atoms with Gasteiger partial charge >= 0.3 is 0 Å². The Hall–Kier alpha value is -0.610. The van der Waals surface area contributed by atoms with Crippen LogP contribution in [0.5, 0.6) is 0 Å². The Kier molecular flexibility index (Phi) is 5.43. The van der Waals surface area contributed by atoms with Gasteiger partial charge in [0.25, 0.3) is 0 Å². The molecule has 0 spiro atoms. The molecule has 1 atom stereocenters. The van der Waals surface area contributed by atoms with Gasteiger partial charge in [-0.05, 0) is 71.0 Å². The average molecular weight is 334 g/mol. The van der Waals surface area contributed by atoms with Gasteiger partial charge in [-0.2, -0.15) is 0 Å². The Morgan fingerprint density at radius 1 is 0.708 bits per heavy atom. The van der Waals surface area contributed by atoms with Crippen molar-refractivity contribution in [3.8, 4) is 0 Å². The van der Waals surface area contributed by atoms with E-state index in [-0.39, 0.29) is 5.92 Å². The molecule has 2 aliphatic carbocycles. The second-order valence-corrected chi connectivity index (χ2v) is 8.68. The van der Waals surface area contributed by atoms with Gasteiger partial charge in [0.2, 0.25) is 5.91 Å². The maximum Gasteiger partial charge on any atom is 0.224 e. The van der Waals surface area contributed by atoms with Gasteiger partial charge in [-0.15, -0.1) is 0 Å². The van der Waals surface area contributed by atoms with E-state index in [9.17, 15) is 4.79 Å². The number of carbonyl (C=O) groups excluding carboxylic acids is 1. The van der Waals surface area contributed by atoms with Crippen molar-refractivity contribution in [1.82, 2.24) is 15.1 Å². The normalized spacial score (nSPS) is 31.9. The summed E-state index contributed by atoms with van der Waals surface area (Å²) in [5.74, 6) is 0.581. The summed E-state index contributed by atoms with van der Waals surface area (Å²) in [7, 11) is 0. The zero-order valence-electron chi connectivity index (χ0n) is 15.2. The zero-order chi connectivity index (χ0) is 16.4. The average Bonchev–Trinajstić information content (AvgIpc) is 3.47. The number of hydrogen-bond donors (Lipinski definition) is 1. The van der Waals surface area contributed by atoms with Gasteiger partial charge in [-0.1, -0.05) is 19.3 Å². The predicted molar refractivity (Wildman–Crippen MR) is 96.9 cm³/mol. The molecule has 0 bridgehead atoms. The van der Waals surface area contributed by atoms with Crippen molar-refractivity contribution < 1.29 is 4.79 Å². The van der Waals surface area contributed by atoms with Crippen LogP contribution in [0.2, 0.25) is 0 Å². The maximum atomic E-state index is 12.4. The third-order valence-corrected chi connectivity index (χ3v) is 6.85. The molecule has 4 heteroatoms. The topological polar surface area (TPSA) is 35.6 Å². The summed E-state index contributed by atoms with van der Waals surface area (Å²) < 4.78 is 0. The quantitative estimate of drug-likeness (QED) is 0.859. The van der Waals surface area contributed by atoms with E-state index in [0.29, 0.717) is 11.9 Å². The van der Waals surface area contributed by atoms with Crippen LogP contribution >= 0.6 is 0 Å². The van der Waals surface area contributed by atoms with Crippen molar-refractivity contribution in [2.24, 2.45) is 5.92 Å². The van der Waals surface area contributed by atoms with E-state index in [1.54, 1.807) is 0 Å². The number of amides is 1. The molecule has 4 nitrogen and oxygen atoms in total. The van der Waals surface area contributed by atoms with Crippen molar-refractivity contribution in [1.29, 1.82) is 0 Å². The molecule has 0 unspecified atom stereocenters. The molecule has 4 fully saturated rings. The van der Waals surface area contributed by atoms with Gasteiger partial charge < -0.3 is 10.2 Å². The van der Waals surface area contributed by atoms with Gasteiger partial charge in [0.1, 0.15) is 0 Å². The van der Waals surface area contributed by atoms with Gasteiger partial charge in [0.05, 0.1) is 5.92 Å². The second-order valence-electron chi connectivity index (χ2n) is 8.68. The lowest BCUT2D eigenvalue weighted by Gasteiger charge is -2.44. The lowest BCUT2D eigenvalue weighted by Crippen LogP contribution is -2.52. The second kappa shape index (κ2) is 7.74. The molecular weight excluding hydrogens is 298 g/mol. The monoisotopic (exact) mass is 333 g/mol. The highest BCUT2D eigenvalue weighted by atomic mass is 16.2. The van der Waals surface area contributed by atoms with E-state index in [2.05, 4.69) is 15.1 Å². The lowest BCUT2D eigenvalue weighted by molar-refractivity contribution is -0.127. The zero-order valence-corrected chi connectivity index (χ0v) is 15.2.